The second-order valence-electron chi connectivity index (χ2n) is 11.2. The molecule has 0 aromatic heterocycles. The zero-order valence-corrected chi connectivity index (χ0v) is 23.7. The normalized spacial score (nSPS) is 22.6. The Morgan fingerprint density at radius 2 is 1.23 bits per heavy atom. The number of para-hydroxylation sites is 1. The van der Waals surface area contributed by atoms with E-state index < -0.39 is 0 Å². The van der Waals surface area contributed by atoms with Gasteiger partial charge in [0.2, 0.25) is 0 Å². The van der Waals surface area contributed by atoms with E-state index in [-0.39, 0.29) is 47.2 Å². The van der Waals surface area contributed by atoms with Crippen LogP contribution in [0.5, 0.6) is 11.5 Å². The minimum atomic E-state index is -0.312. The first-order valence-corrected chi connectivity index (χ1v) is 14.3. The van der Waals surface area contributed by atoms with Crippen LogP contribution in [-0.4, -0.2) is 37.2 Å². The average molecular weight is 549 g/mol. The molecule has 2 aromatic rings. The van der Waals surface area contributed by atoms with Gasteiger partial charge in [-0.15, -0.1) is 0 Å². The molecule has 1 N–H and O–H groups in total. The number of esters is 2. The average Bonchev–Trinajstić information content (AvgIpc) is 2.97. The van der Waals surface area contributed by atoms with Crippen LogP contribution in [0.2, 0.25) is 0 Å². The van der Waals surface area contributed by atoms with E-state index in [0.29, 0.717) is 75.2 Å². The van der Waals surface area contributed by atoms with Crippen LogP contribution in [0.15, 0.2) is 48.5 Å². The Morgan fingerprint density at radius 1 is 0.725 bits per heavy atom. The third kappa shape index (κ3) is 7.71. The minimum absolute atomic E-state index is 0.0290. The molecule has 214 valence electrons. The molecule has 8 nitrogen and oxygen atoms in total. The summed E-state index contributed by atoms with van der Waals surface area (Å²) >= 11 is 0. The summed E-state index contributed by atoms with van der Waals surface area (Å²) in [6, 6.07) is 14.9. The Labute approximate surface area is 236 Å². The molecule has 2 saturated carbocycles. The first-order valence-electron chi connectivity index (χ1n) is 14.3. The third-order valence-corrected chi connectivity index (χ3v) is 8.35. The smallest absolute Gasteiger partial charge is 0.314 e. The van der Waals surface area contributed by atoms with Gasteiger partial charge in [-0.25, -0.2) is 0 Å². The van der Waals surface area contributed by atoms with Crippen molar-refractivity contribution in [3.8, 4) is 11.5 Å². The predicted molar refractivity (Wildman–Crippen MR) is 153 cm³/mol. The Morgan fingerprint density at radius 3 is 1.75 bits per heavy atom. The van der Waals surface area contributed by atoms with Crippen molar-refractivity contribution in [2.75, 3.05) is 23.9 Å². The lowest BCUT2D eigenvalue weighted by Crippen LogP contribution is -2.29. The van der Waals surface area contributed by atoms with Gasteiger partial charge in [0.15, 0.2) is 5.75 Å². The van der Waals surface area contributed by atoms with Crippen molar-refractivity contribution >= 4 is 34.9 Å². The van der Waals surface area contributed by atoms with Crippen molar-refractivity contribution in [1.82, 2.24) is 0 Å². The summed E-state index contributed by atoms with van der Waals surface area (Å²) in [7, 11) is 1.95. The SMILES string of the molecule is CC(=O)C1CCC(C(=O)Oc2ccc(OC(=O)C3CCC(C(C)=O)CC3)c(NCN(C)c3ccccc3)c2)CC1. The molecule has 2 aliphatic rings. The molecule has 0 amide bonds. The topological polar surface area (TPSA) is 102 Å². The lowest BCUT2D eigenvalue weighted by molar-refractivity contribution is -0.141. The lowest BCUT2D eigenvalue weighted by atomic mass is 9.80. The zero-order valence-electron chi connectivity index (χ0n) is 23.7. The highest BCUT2D eigenvalue weighted by Gasteiger charge is 2.31. The summed E-state index contributed by atoms with van der Waals surface area (Å²) in [5.74, 6) is 0.0473. The molecular weight excluding hydrogens is 508 g/mol. The number of rotatable bonds is 10. The molecule has 0 saturated heterocycles. The second kappa shape index (κ2) is 13.6. The fourth-order valence-electron chi connectivity index (χ4n) is 5.64. The van der Waals surface area contributed by atoms with Crippen LogP contribution in [0, 0.1) is 23.7 Å². The maximum absolute atomic E-state index is 13.0. The highest BCUT2D eigenvalue weighted by molar-refractivity contribution is 5.81. The van der Waals surface area contributed by atoms with E-state index in [0.717, 1.165) is 5.69 Å². The summed E-state index contributed by atoms with van der Waals surface area (Å²) in [5, 5.41) is 3.33. The van der Waals surface area contributed by atoms with E-state index in [1.165, 1.54) is 0 Å². The van der Waals surface area contributed by atoms with Gasteiger partial charge in [0.1, 0.15) is 17.3 Å². The van der Waals surface area contributed by atoms with E-state index in [9.17, 15) is 19.2 Å². The molecule has 0 bridgehead atoms. The number of ether oxygens (including phenoxy) is 2. The van der Waals surface area contributed by atoms with Gasteiger partial charge < -0.3 is 19.7 Å². The number of ketones is 2. The van der Waals surface area contributed by atoms with E-state index in [2.05, 4.69) is 5.32 Å². The van der Waals surface area contributed by atoms with Crippen molar-refractivity contribution in [3.05, 3.63) is 48.5 Å². The van der Waals surface area contributed by atoms with Gasteiger partial charge in [-0.3, -0.25) is 19.2 Å². The number of hydrogen-bond acceptors (Lipinski definition) is 8. The molecule has 2 aromatic carbocycles. The highest BCUT2D eigenvalue weighted by atomic mass is 16.5. The fourth-order valence-corrected chi connectivity index (χ4v) is 5.64. The Kier molecular flexibility index (Phi) is 9.96. The zero-order chi connectivity index (χ0) is 28.6. The third-order valence-electron chi connectivity index (χ3n) is 8.35. The van der Waals surface area contributed by atoms with Crippen molar-refractivity contribution in [2.45, 2.75) is 65.2 Å². The van der Waals surface area contributed by atoms with Gasteiger partial charge >= 0.3 is 11.9 Å². The molecule has 8 heteroatoms. The molecular formula is C32H40N2O6. The van der Waals surface area contributed by atoms with E-state index in [1.807, 2.05) is 42.3 Å². The van der Waals surface area contributed by atoms with Crippen molar-refractivity contribution in [2.24, 2.45) is 23.7 Å². The van der Waals surface area contributed by atoms with Crippen LogP contribution >= 0.6 is 0 Å². The van der Waals surface area contributed by atoms with Crippen molar-refractivity contribution in [1.29, 1.82) is 0 Å². The first-order chi connectivity index (χ1) is 19.2. The molecule has 0 aliphatic heterocycles. The molecule has 0 heterocycles. The number of benzene rings is 2. The first kappa shape index (κ1) is 29.3. The molecule has 40 heavy (non-hydrogen) atoms. The van der Waals surface area contributed by atoms with Gasteiger partial charge in [0.05, 0.1) is 24.2 Å². The lowest BCUT2D eigenvalue weighted by Gasteiger charge is -2.26. The Bertz CT molecular complexity index is 1200. The number of carbonyl (C=O) groups excluding carboxylic acids is 4. The Hall–Kier alpha value is -3.68. The second-order valence-corrected chi connectivity index (χ2v) is 11.2. The summed E-state index contributed by atoms with van der Waals surface area (Å²) in [6.07, 6.45) is 5.34. The summed E-state index contributed by atoms with van der Waals surface area (Å²) in [4.78, 5) is 51.4. The maximum Gasteiger partial charge on any atom is 0.314 e. The largest absolute Gasteiger partial charge is 0.426 e. The molecule has 4 rings (SSSR count). The van der Waals surface area contributed by atoms with Crippen LogP contribution < -0.4 is 19.7 Å². The monoisotopic (exact) mass is 548 g/mol. The van der Waals surface area contributed by atoms with Gasteiger partial charge in [-0.05, 0) is 89.5 Å². The predicted octanol–water partition coefficient (Wildman–Crippen LogP) is 5.79. The number of nitrogens with one attached hydrogen (secondary N) is 1. The van der Waals surface area contributed by atoms with E-state index >= 15 is 0 Å². The minimum Gasteiger partial charge on any atom is -0.426 e. The quantitative estimate of drug-likeness (QED) is 0.226. The standard InChI is InChI=1S/C32H40N2O6/c1-21(35)23-9-13-25(14-10-23)31(37)39-28-17-18-30(40-32(38)26-15-11-24(12-16-26)22(2)36)29(19-28)33-20-34(3)27-7-5-4-6-8-27/h4-8,17-19,23-26,33H,9-16,20H2,1-3H3. The molecule has 0 atom stereocenters. The van der Waals surface area contributed by atoms with Gasteiger partial charge in [0.25, 0.3) is 0 Å². The highest BCUT2D eigenvalue weighted by Crippen LogP contribution is 2.35. The van der Waals surface area contributed by atoms with Crippen LogP contribution in [0.4, 0.5) is 11.4 Å². The van der Waals surface area contributed by atoms with Gasteiger partial charge in [-0.2, -0.15) is 0 Å². The molecule has 2 aliphatic carbocycles. The van der Waals surface area contributed by atoms with Crippen LogP contribution in [0.25, 0.3) is 0 Å². The summed E-state index contributed by atoms with van der Waals surface area (Å²) in [5.41, 5.74) is 1.55. The summed E-state index contributed by atoms with van der Waals surface area (Å²) in [6.45, 7) is 3.64. The van der Waals surface area contributed by atoms with Crippen LogP contribution in [0.1, 0.15) is 65.2 Å². The number of carbonyl (C=O) groups is 4. The number of hydrogen-bond donors (Lipinski definition) is 1. The van der Waals surface area contributed by atoms with Crippen molar-refractivity contribution < 1.29 is 28.7 Å². The molecule has 0 unspecified atom stereocenters. The maximum atomic E-state index is 13.0. The fraction of sp³-hybridized carbons (Fsp3) is 0.500. The van der Waals surface area contributed by atoms with Crippen molar-refractivity contribution in [3.63, 3.8) is 0 Å². The molecule has 0 spiro atoms. The van der Waals surface area contributed by atoms with Gasteiger partial charge in [0, 0.05) is 30.6 Å². The number of nitrogens with zero attached hydrogens (tertiary/aromatic N) is 1. The Balaban J connectivity index is 1.44. The van der Waals surface area contributed by atoms with Crippen LogP contribution in [-0.2, 0) is 19.2 Å². The molecule has 2 fully saturated rings. The molecule has 0 radical (unpaired) electrons. The van der Waals surface area contributed by atoms with E-state index in [1.54, 1.807) is 32.0 Å². The summed E-state index contributed by atoms with van der Waals surface area (Å²) < 4.78 is 11.6. The van der Waals surface area contributed by atoms with E-state index in [4.69, 9.17) is 9.47 Å². The number of anilines is 2. The van der Waals surface area contributed by atoms with Gasteiger partial charge in [-0.1, -0.05) is 18.2 Å². The van der Waals surface area contributed by atoms with Crippen LogP contribution in [0.3, 0.4) is 0 Å². The number of Topliss-reactive ketones (excluding diaryl/α,β-unsaturated/α-hetero) is 2.